The SMILES string of the molecule is O=C(CCc1nc(-c2ccccc2)no1)NNc1c(F)c(F)c(F)c(F)c1F. The minimum atomic E-state index is -2.29. The Morgan fingerprint density at radius 2 is 1.54 bits per heavy atom. The molecule has 1 heterocycles. The van der Waals surface area contributed by atoms with E-state index in [4.69, 9.17) is 4.52 Å². The lowest BCUT2D eigenvalue weighted by Crippen LogP contribution is -2.31. The minimum absolute atomic E-state index is 0.00947. The number of hydrogen-bond donors (Lipinski definition) is 2. The standard InChI is InChI=1S/C17H11F5N4O2/c18-11-12(19)14(21)16(15(22)13(11)20)25-24-9(27)6-7-10-23-17(26-28-10)8-4-2-1-3-5-8/h1-5,25H,6-7H2,(H,24,27). The van der Waals surface area contributed by atoms with Gasteiger partial charge in [-0.1, -0.05) is 35.5 Å². The van der Waals surface area contributed by atoms with Gasteiger partial charge < -0.3 is 4.52 Å². The molecule has 0 saturated heterocycles. The Morgan fingerprint density at radius 1 is 0.929 bits per heavy atom. The first-order valence-electron chi connectivity index (χ1n) is 7.82. The van der Waals surface area contributed by atoms with E-state index < -0.39 is 40.7 Å². The molecule has 0 spiro atoms. The summed E-state index contributed by atoms with van der Waals surface area (Å²) in [7, 11) is 0. The molecule has 146 valence electrons. The van der Waals surface area contributed by atoms with Crippen LogP contribution in [0.5, 0.6) is 0 Å². The summed E-state index contributed by atoms with van der Waals surface area (Å²) in [6.07, 6.45) is -0.261. The summed E-state index contributed by atoms with van der Waals surface area (Å²) in [6.45, 7) is 0. The van der Waals surface area contributed by atoms with Crippen LogP contribution in [0.15, 0.2) is 34.9 Å². The third-order valence-corrected chi connectivity index (χ3v) is 3.60. The number of amides is 1. The molecule has 3 rings (SSSR count). The van der Waals surface area contributed by atoms with Crippen LogP contribution >= 0.6 is 0 Å². The number of carbonyl (C=O) groups excluding carboxylic acids is 1. The maximum atomic E-state index is 13.5. The number of rotatable bonds is 6. The predicted molar refractivity (Wildman–Crippen MR) is 86.1 cm³/mol. The molecule has 6 nitrogen and oxygen atoms in total. The monoisotopic (exact) mass is 398 g/mol. The molecule has 0 bridgehead atoms. The van der Waals surface area contributed by atoms with Crippen molar-refractivity contribution in [1.82, 2.24) is 15.6 Å². The van der Waals surface area contributed by atoms with Crippen molar-refractivity contribution in [2.75, 3.05) is 5.43 Å². The minimum Gasteiger partial charge on any atom is -0.339 e. The molecule has 28 heavy (non-hydrogen) atoms. The Hall–Kier alpha value is -3.50. The largest absolute Gasteiger partial charge is 0.339 e. The van der Waals surface area contributed by atoms with E-state index in [1.165, 1.54) is 0 Å². The number of nitrogens with one attached hydrogen (secondary N) is 2. The summed E-state index contributed by atoms with van der Waals surface area (Å²) < 4.78 is 71.2. The van der Waals surface area contributed by atoms with Crippen LogP contribution in [0.25, 0.3) is 11.4 Å². The Labute approximate surface area is 154 Å². The number of nitrogens with zero attached hydrogens (tertiary/aromatic N) is 2. The summed E-state index contributed by atoms with van der Waals surface area (Å²) in [5, 5.41) is 3.76. The molecule has 0 fully saturated rings. The van der Waals surface area contributed by atoms with E-state index in [0.29, 0.717) is 11.4 Å². The van der Waals surface area contributed by atoms with Gasteiger partial charge in [-0.25, -0.2) is 22.0 Å². The maximum Gasteiger partial charge on any atom is 0.238 e. The van der Waals surface area contributed by atoms with Gasteiger partial charge in [-0.05, 0) is 0 Å². The van der Waals surface area contributed by atoms with Crippen LogP contribution in [-0.4, -0.2) is 16.0 Å². The molecular weight excluding hydrogens is 387 g/mol. The molecule has 1 aromatic heterocycles. The third-order valence-electron chi connectivity index (χ3n) is 3.60. The van der Waals surface area contributed by atoms with Crippen LogP contribution in [0, 0.1) is 29.1 Å². The molecule has 2 aromatic carbocycles. The number of hydrazine groups is 1. The van der Waals surface area contributed by atoms with Gasteiger partial charge in [0, 0.05) is 18.4 Å². The highest BCUT2D eigenvalue weighted by Gasteiger charge is 2.26. The van der Waals surface area contributed by atoms with E-state index in [9.17, 15) is 26.7 Å². The molecule has 1 amide bonds. The molecule has 2 N–H and O–H groups in total. The van der Waals surface area contributed by atoms with E-state index in [1.54, 1.807) is 29.7 Å². The Morgan fingerprint density at radius 3 is 2.18 bits per heavy atom. The van der Waals surface area contributed by atoms with Crippen molar-refractivity contribution in [2.45, 2.75) is 12.8 Å². The molecule has 0 saturated carbocycles. The number of carbonyl (C=O) groups is 1. The van der Waals surface area contributed by atoms with Crippen LogP contribution in [0.1, 0.15) is 12.3 Å². The summed E-state index contributed by atoms with van der Waals surface area (Å²) in [5.41, 5.74) is 2.88. The van der Waals surface area contributed by atoms with E-state index in [2.05, 4.69) is 10.1 Å². The zero-order valence-corrected chi connectivity index (χ0v) is 13.9. The molecular formula is C17H11F5N4O2. The van der Waals surface area contributed by atoms with Gasteiger partial charge in [-0.3, -0.25) is 15.6 Å². The third kappa shape index (κ3) is 3.92. The van der Waals surface area contributed by atoms with Crippen molar-refractivity contribution < 1.29 is 31.3 Å². The molecule has 11 heteroatoms. The van der Waals surface area contributed by atoms with Gasteiger partial charge in [-0.15, -0.1) is 0 Å². The van der Waals surface area contributed by atoms with Crippen molar-refractivity contribution in [1.29, 1.82) is 0 Å². The first kappa shape index (κ1) is 19.3. The Balaban J connectivity index is 1.58. The van der Waals surface area contributed by atoms with Crippen LogP contribution in [0.2, 0.25) is 0 Å². The van der Waals surface area contributed by atoms with E-state index in [0.717, 1.165) is 0 Å². The van der Waals surface area contributed by atoms with Gasteiger partial charge in [0.1, 0.15) is 5.69 Å². The second kappa shape index (κ2) is 8.03. The van der Waals surface area contributed by atoms with E-state index in [-0.39, 0.29) is 18.7 Å². The first-order valence-corrected chi connectivity index (χ1v) is 7.82. The van der Waals surface area contributed by atoms with Crippen molar-refractivity contribution in [2.24, 2.45) is 0 Å². The molecule has 0 atom stereocenters. The topological polar surface area (TPSA) is 80.0 Å². The van der Waals surface area contributed by atoms with E-state index >= 15 is 0 Å². The number of aryl methyl sites for hydroxylation is 1. The number of anilines is 1. The zero-order valence-electron chi connectivity index (χ0n) is 13.9. The highest BCUT2D eigenvalue weighted by molar-refractivity contribution is 5.77. The lowest BCUT2D eigenvalue weighted by Gasteiger charge is -2.11. The summed E-state index contributed by atoms with van der Waals surface area (Å²) in [4.78, 5) is 15.8. The van der Waals surface area contributed by atoms with Crippen molar-refractivity contribution >= 4 is 11.6 Å². The van der Waals surface area contributed by atoms with Gasteiger partial charge in [0.15, 0.2) is 23.3 Å². The van der Waals surface area contributed by atoms with Crippen LogP contribution < -0.4 is 10.9 Å². The lowest BCUT2D eigenvalue weighted by molar-refractivity contribution is -0.120. The van der Waals surface area contributed by atoms with Crippen LogP contribution in [0.3, 0.4) is 0 Å². The van der Waals surface area contributed by atoms with Gasteiger partial charge in [-0.2, -0.15) is 4.98 Å². The molecule has 0 unspecified atom stereocenters. The highest BCUT2D eigenvalue weighted by Crippen LogP contribution is 2.26. The van der Waals surface area contributed by atoms with E-state index in [1.807, 2.05) is 11.5 Å². The quantitative estimate of drug-likeness (QED) is 0.288. The number of aromatic nitrogens is 2. The van der Waals surface area contributed by atoms with Crippen molar-refractivity contribution in [3.05, 3.63) is 65.3 Å². The number of hydrogen-bond acceptors (Lipinski definition) is 5. The first-order chi connectivity index (χ1) is 13.4. The van der Waals surface area contributed by atoms with Crippen LogP contribution in [-0.2, 0) is 11.2 Å². The van der Waals surface area contributed by atoms with Gasteiger partial charge in [0.2, 0.25) is 23.4 Å². The number of halogens is 5. The smallest absolute Gasteiger partial charge is 0.238 e. The molecule has 0 aliphatic heterocycles. The van der Waals surface area contributed by atoms with Crippen molar-refractivity contribution in [3.63, 3.8) is 0 Å². The molecule has 3 aromatic rings. The fourth-order valence-corrected chi connectivity index (χ4v) is 2.19. The highest BCUT2D eigenvalue weighted by atomic mass is 19.2. The maximum absolute atomic E-state index is 13.5. The molecule has 0 aliphatic rings. The average Bonchev–Trinajstić information content (AvgIpc) is 3.19. The lowest BCUT2D eigenvalue weighted by atomic mass is 10.2. The summed E-state index contributed by atoms with van der Waals surface area (Å²) in [6, 6.07) is 8.89. The molecule has 0 radical (unpaired) electrons. The summed E-state index contributed by atoms with van der Waals surface area (Å²) in [5.74, 6) is -11.1. The summed E-state index contributed by atoms with van der Waals surface area (Å²) >= 11 is 0. The second-order valence-electron chi connectivity index (χ2n) is 5.50. The second-order valence-corrected chi connectivity index (χ2v) is 5.50. The number of benzene rings is 2. The van der Waals surface area contributed by atoms with Gasteiger partial charge >= 0.3 is 0 Å². The fraction of sp³-hybridized carbons (Fsp3) is 0.118. The van der Waals surface area contributed by atoms with Crippen molar-refractivity contribution in [3.8, 4) is 11.4 Å². The van der Waals surface area contributed by atoms with Crippen LogP contribution in [0.4, 0.5) is 27.6 Å². The van der Waals surface area contributed by atoms with Gasteiger partial charge in [0.25, 0.3) is 0 Å². The zero-order chi connectivity index (χ0) is 20.3. The normalized spacial score (nSPS) is 10.8. The Kier molecular flexibility index (Phi) is 5.52. The van der Waals surface area contributed by atoms with Gasteiger partial charge in [0.05, 0.1) is 0 Å². The predicted octanol–water partition coefficient (Wildman–Crippen LogP) is 3.51. The average molecular weight is 398 g/mol. The molecule has 0 aliphatic carbocycles. The fourth-order valence-electron chi connectivity index (χ4n) is 2.19. The Bertz CT molecular complexity index is 981.